The minimum absolute atomic E-state index is 0.151. The van der Waals surface area contributed by atoms with Gasteiger partial charge in [-0.15, -0.1) is 0 Å². The van der Waals surface area contributed by atoms with E-state index in [2.05, 4.69) is 47.6 Å². The lowest BCUT2D eigenvalue weighted by Crippen LogP contribution is -2.24. The molecule has 1 aromatic carbocycles. The van der Waals surface area contributed by atoms with Crippen LogP contribution >= 0.6 is 0 Å². The Morgan fingerprint density at radius 3 is 2.55 bits per heavy atom. The summed E-state index contributed by atoms with van der Waals surface area (Å²) in [6.07, 6.45) is 8.03. The third-order valence-corrected chi connectivity index (χ3v) is 3.68. The Morgan fingerprint density at radius 2 is 1.82 bits per heavy atom. The van der Waals surface area contributed by atoms with Gasteiger partial charge in [0.15, 0.2) is 0 Å². The normalized spacial score (nSPS) is 10.4. The molecule has 2 aromatic rings. The largest absolute Gasteiger partial charge is 0.356 e. The summed E-state index contributed by atoms with van der Waals surface area (Å²) in [5, 5.41) is 2.99. The van der Waals surface area contributed by atoms with Crippen molar-refractivity contribution >= 4 is 5.91 Å². The van der Waals surface area contributed by atoms with Gasteiger partial charge in [-0.3, -0.25) is 9.78 Å². The van der Waals surface area contributed by atoms with Gasteiger partial charge >= 0.3 is 0 Å². The van der Waals surface area contributed by atoms with Gasteiger partial charge in [-0.25, -0.2) is 0 Å². The van der Waals surface area contributed by atoms with Crippen LogP contribution in [0, 0.1) is 6.92 Å². The summed E-state index contributed by atoms with van der Waals surface area (Å²) < 4.78 is 0. The molecule has 1 N–H and O–H groups in total. The number of carbonyl (C=O) groups excluding carboxylic acids is 1. The topological polar surface area (TPSA) is 42.0 Å². The van der Waals surface area contributed by atoms with Gasteiger partial charge in [0, 0.05) is 25.4 Å². The summed E-state index contributed by atoms with van der Waals surface area (Å²) in [5.41, 5.74) is 3.79. The number of aromatic nitrogens is 1. The highest BCUT2D eigenvalue weighted by molar-refractivity contribution is 5.75. The fourth-order valence-corrected chi connectivity index (χ4v) is 2.36. The molecule has 0 unspecified atom stereocenters. The molecule has 0 fully saturated rings. The molecule has 1 heterocycles. The number of rotatable bonds is 8. The Hall–Kier alpha value is -2.16. The SMILES string of the molecule is Cc1ccc(CCCC(=O)NCCCc2cccnc2)cc1. The van der Waals surface area contributed by atoms with E-state index in [0.717, 1.165) is 32.2 Å². The molecule has 1 aromatic heterocycles. The summed E-state index contributed by atoms with van der Waals surface area (Å²) in [4.78, 5) is 15.9. The van der Waals surface area contributed by atoms with E-state index in [0.29, 0.717) is 6.42 Å². The molecule has 2 rings (SSSR count). The highest BCUT2D eigenvalue weighted by atomic mass is 16.1. The van der Waals surface area contributed by atoms with Crippen molar-refractivity contribution in [2.75, 3.05) is 6.54 Å². The number of nitrogens with one attached hydrogen (secondary N) is 1. The van der Waals surface area contributed by atoms with Crippen LogP contribution in [0.15, 0.2) is 48.8 Å². The zero-order chi connectivity index (χ0) is 15.6. The molecule has 3 heteroatoms. The molecule has 0 aliphatic carbocycles. The van der Waals surface area contributed by atoms with E-state index in [4.69, 9.17) is 0 Å². The highest BCUT2D eigenvalue weighted by Gasteiger charge is 2.01. The van der Waals surface area contributed by atoms with Crippen LogP contribution in [-0.4, -0.2) is 17.4 Å². The molecule has 0 saturated carbocycles. The van der Waals surface area contributed by atoms with Crippen LogP contribution in [0.25, 0.3) is 0 Å². The maximum Gasteiger partial charge on any atom is 0.220 e. The molecule has 3 nitrogen and oxygen atoms in total. The number of pyridine rings is 1. The molecule has 0 spiro atoms. The molecule has 0 saturated heterocycles. The lowest BCUT2D eigenvalue weighted by Gasteiger charge is -2.06. The average molecular weight is 296 g/mol. The summed E-state index contributed by atoms with van der Waals surface area (Å²) in [5.74, 6) is 0.151. The second kappa shape index (κ2) is 8.98. The van der Waals surface area contributed by atoms with E-state index in [1.54, 1.807) is 6.20 Å². The Morgan fingerprint density at radius 1 is 1.05 bits per heavy atom. The first-order valence-electron chi connectivity index (χ1n) is 7.95. The van der Waals surface area contributed by atoms with Crippen molar-refractivity contribution in [3.05, 3.63) is 65.5 Å². The van der Waals surface area contributed by atoms with Crippen molar-refractivity contribution in [1.82, 2.24) is 10.3 Å². The third-order valence-electron chi connectivity index (χ3n) is 3.68. The molecule has 0 aliphatic heterocycles. The first-order chi connectivity index (χ1) is 10.7. The minimum atomic E-state index is 0.151. The maximum atomic E-state index is 11.8. The number of benzene rings is 1. The first-order valence-corrected chi connectivity index (χ1v) is 7.95. The summed E-state index contributed by atoms with van der Waals surface area (Å²) >= 11 is 0. The van der Waals surface area contributed by atoms with Crippen LogP contribution in [0.1, 0.15) is 36.0 Å². The van der Waals surface area contributed by atoms with Gasteiger partial charge in [-0.2, -0.15) is 0 Å². The Kier molecular flexibility index (Phi) is 6.62. The zero-order valence-corrected chi connectivity index (χ0v) is 13.2. The van der Waals surface area contributed by atoms with Crippen LogP contribution in [0.3, 0.4) is 0 Å². The summed E-state index contributed by atoms with van der Waals surface area (Å²) in [6.45, 7) is 2.82. The Bertz CT molecular complexity index is 564. The van der Waals surface area contributed by atoms with Gasteiger partial charge < -0.3 is 5.32 Å². The van der Waals surface area contributed by atoms with Gasteiger partial charge in [0.25, 0.3) is 0 Å². The number of hydrogen-bond donors (Lipinski definition) is 1. The smallest absolute Gasteiger partial charge is 0.220 e. The van der Waals surface area contributed by atoms with Crippen molar-refractivity contribution in [3.63, 3.8) is 0 Å². The molecule has 22 heavy (non-hydrogen) atoms. The summed E-state index contributed by atoms with van der Waals surface area (Å²) in [7, 11) is 0. The average Bonchev–Trinajstić information content (AvgIpc) is 2.54. The number of aryl methyl sites for hydroxylation is 3. The molecule has 0 aliphatic rings. The first kappa shape index (κ1) is 16.2. The number of hydrogen-bond acceptors (Lipinski definition) is 2. The minimum Gasteiger partial charge on any atom is -0.356 e. The predicted octanol–water partition coefficient (Wildman–Crippen LogP) is 3.46. The van der Waals surface area contributed by atoms with Crippen LogP contribution in [0.2, 0.25) is 0 Å². The van der Waals surface area contributed by atoms with Crippen molar-refractivity contribution in [1.29, 1.82) is 0 Å². The van der Waals surface area contributed by atoms with Gasteiger partial charge in [-0.05, 0) is 49.8 Å². The monoisotopic (exact) mass is 296 g/mol. The molecule has 0 radical (unpaired) electrons. The van der Waals surface area contributed by atoms with Crippen molar-refractivity contribution in [2.24, 2.45) is 0 Å². The number of nitrogens with zero attached hydrogens (tertiary/aromatic N) is 1. The molecular weight excluding hydrogens is 272 g/mol. The van der Waals surface area contributed by atoms with Gasteiger partial charge in [-0.1, -0.05) is 35.9 Å². The van der Waals surface area contributed by atoms with E-state index >= 15 is 0 Å². The second-order valence-electron chi connectivity index (χ2n) is 5.65. The number of carbonyl (C=O) groups is 1. The quantitative estimate of drug-likeness (QED) is 0.758. The van der Waals surface area contributed by atoms with Gasteiger partial charge in [0.05, 0.1) is 0 Å². The Balaban J connectivity index is 1.55. The molecular formula is C19H24N2O. The van der Waals surface area contributed by atoms with E-state index in [1.165, 1.54) is 16.7 Å². The van der Waals surface area contributed by atoms with Crippen molar-refractivity contribution < 1.29 is 4.79 Å². The molecule has 0 atom stereocenters. The highest BCUT2D eigenvalue weighted by Crippen LogP contribution is 2.07. The van der Waals surface area contributed by atoms with Crippen LogP contribution < -0.4 is 5.32 Å². The predicted molar refractivity (Wildman–Crippen MR) is 89.7 cm³/mol. The van der Waals surface area contributed by atoms with Crippen LogP contribution in [0.4, 0.5) is 0 Å². The standard InChI is InChI=1S/C19H24N2O/c1-16-9-11-17(12-10-16)5-2-8-19(22)21-14-4-7-18-6-3-13-20-15-18/h3,6,9-13,15H,2,4-5,7-8,14H2,1H3,(H,21,22). The maximum absolute atomic E-state index is 11.8. The van der Waals surface area contributed by atoms with Crippen molar-refractivity contribution in [2.45, 2.75) is 39.0 Å². The number of amides is 1. The second-order valence-corrected chi connectivity index (χ2v) is 5.65. The van der Waals surface area contributed by atoms with Crippen LogP contribution in [-0.2, 0) is 17.6 Å². The van der Waals surface area contributed by atoms with Gasteiger partial charge in [0.2, 0.25) is 5.91 Å². The summed E-state index contributed by atoms with van der Waals surface area (Å²) in [6, 6.07) is 12.5. The molecule has 116 valence electrons. The van der Waals surface area contributed by atoms with Crippen LogP contribution in [0.5, 0.6) is 0 Å². The van der Waals surface area contributed by atoms with Crippen molar-refractivity contribution in [3.8, 4) is 0 Å². The van der Waals surface area contributed by atoms with E-state index < -0.39 is 0 Å². The van der Waals surface area contributed by atoms with E-state index in [-0.39, 0.29) is 5.91 Å². The van der Waals surface area contributed by atoms with E-state index in [1.807, 2.05) is 12.3 Å². The zero-order valence-electron chi connectivity index (χ0n) is 13.2. The lowest BCUT2D eigenvalue weighted by molar-refractivity contribution is -0.121. The third kappa shape index (κ3) is 6.08. The van der Waals surface area contributed by atoms with E-state index in [9.17, 15) is 4.79 Å². The fourth-order valence-electron chi connectivity index (χ4n) is 2.36. The fraction of sp³-hybridized carbons (Fsp3) is 0.368. The molecule has 1 amide bonds. The van der Waals surface area contributed by atoms with Gasteiger partial charge in [0.1, 0.15) is 0 Å². The lowest BCUT2D eigenvalue weighted by atomic mass is 10.1. The molecule has 0 bridgehead atoms. The Labute approximate surface area is 132 Å².